The van der Waals surface area contributed by atoms with E-state index in [1.54, 1.807) is 24.3 Å². The fraction of sp³-hybridized carbons (Fsp3) is 0.0769. The number of nitrogen functional groups attached to an aromatic ring is 2. The summed E-state index contributed by atoms with van der Waals surface area (Å²) in [6.07, 6.45) is 0. The zero-order valence-electron chi connectivity index (χ0n) is 9.22. The number of nitrogens with two attached hydrogens (primary N) is 2. The van der Waals surface area contributed by atoms with E-state index in [0.717, 1.165) is 5.69 Å². The van der Waals surface area contributed by atoms with Crippen LogP contribution in [0.25, 0.3) is 0 Å². The van der Waals surface area contributed by atoms with E-state index in [4.69, 9.17) is 16.6 Å². The summed E-state index contributed by atoms with van der Waals surface area (Å²) in [7, 11) is 0. The van der Waals surface area contributed by atoms with Crippen molar-refractivity contribution in [1.29, 1.82) is 0 Å². The van der Waals surface area contributed by atoms with Crippen molar-refractivity contribution < 1.29 is 5.11 Å². The molecule has 0 aliphatic heterocycles. The Kier molecular flexibility index (Phi) is 4.21. The SMILES string of the molecule is Cc1cccc(N)c1.Nc1ccc(O)cc1. The van der Waals surface area contributed by atoms with Crippen LogP contribution in [0.5, 0.6) is 5.75 Å². The number of aromatic hydroxyl groups is 1. The van der Waals surface area contributed by atoms with Gasteiger partial charge in [0.1, 0.15) is 5.75 Å². The molecule has 16 heavy (non-hydrogen) atoms. The van der Waals surface area contributed by atoms with Crippen LogP contribution in [0, 0.1) is 6.92 Å². The molecule has 2 aromatic carbocycles. The highest BCUT2D eigenvalue weighted by Crippen LogP contribution is 2.09. The minimum Gasteiger partial charge on any atom is -0.508 e. The molecule has 2 aromatic rings. The predicted octanol–water partition coefficient (Wildman–Crippen LogP) is 2.55. The summed E-state index contributed by atoms with van der Waals surface area (Å²) in [5, 5.41) is 8.70. The molecule has 3 heteroatoms. The molecule has 2 rings (SSSR count). The molecule has 0 bridgehead atoms. The summed E-state index contributed by atoms with van der Waals surface area (Å²) < 4.78 is 0. The van der Waals surface area contributed by atoms with Gasteiger partial charge in [0.2, 0.25) is 0 Å². The average Bonchev–Trinajstić information content (AvgIpc) is 2.23. The van der Waals surface area contributed by atoms with Crippen molar-refractivity contribution in [1.82, 2.24) is 0 Å². The molecule has 0 aromatic heterocycles. The normalized spacial score (nSPS) is 9.06. The fourth-order valence-corrected chi connectivity index (χ4v) is 1.14. The third kappa shape index (κ3) is 4.37. The summed E-state index contributed by atoms with van der Waals surface area (Å²) in [5.41, 5.74) is 13.5. The molecule has 0 saturated heterocycles. The average molecular weight is 216 g/mol. The molecule has 0 atom stereocenters. The maximum Gasteiger partial charge on any atom is 0.115 e. The first-order valence-corrected chi connectivity index (χ1v) is 4.94. The second kappa shape index (κ2) is 5.66. The molecule has 0 heterocycles. The zero-order chi connectivity index (χ0) is 12.0. The lowest BCUT2D eigenvalue weighted by Crippen LogP contribution is -1.82. The van der Waals surface area contributed by atoms with E-state index < -0.39 is 0 Å². The number of benzene rings is 2. The zero-order valence-corrected chi connectivity index (χ0v) is 9.22. The van der Waals surface area contributed by atoms with Crippen LogP contribution in [0.2, 0.25) is 0 Å². The molecular weight excluding hydrogens is 200 g/mol. The first kappa shape index (κ1) is 11.9. The van der Waals surface area contributed by atoms with Crippen molar-refractivity contribution in [2.45, 2.75) is 6.92 Å². The first-order valence-electron chi connectivity index (χ1n) is 4.94. The van der Waals surface area contributed by atoms with E-state index in [1.165, 1.54) is 5.56 Å². The lowest BCUT2D eigenvalue weighted by Gasteiger charge is -1.91. The lowest BCUT2D eigenvalue weighted by molar-refractivity contribution is 0.475. The summed E-state index contributed by atoms with van der Waals surface area (Å²) in [6, 6.07) is 14.2. The maximum atomic E-state index is 8.70. The molecular formula is C13H16N2O. The summed E-state index contributed by atoms with van der Waals surface area (Å²) in [5.74, 6) is 0.249. The van der Waals surface area contributed by atoms with Gasteiger partial charge < -0.3 is 16.6 Å². The third-order valence-electron chi connectivity index (χ3n) is 1.94. The minimum atomic E-state index is 0.249. The fourth-order valence-electron chi connectivity index (χ4n) is 1.14. The highest BCUT2D eigenvalue weighted by molar-refractivity contribution is 5.41. The van der Waals surface area contributed by atoms with E-state index in [2.05, 4.69) is 0 Å². The van der Waals surface area contributed by atoms with Gasteiger partial charge in [-0.1, -0.05) is 12.1 Å². The highest BCUT2D eigenvalue weighted by Gasteiger charge is 1.82. The van der Waals surface area contributed by atoms with Gasteiger partial charge in [-0.2, -0.15) is 0 Å². The Morgan fingerprint density at radius 3 is 1.88 bits per heavy atom. The molecule has 0 radical (unpaired) electrons. The Morgan fingerprint density at radius 2 is 1.50 bits per heavy atom. The van der Waals surface area contributed by atoms with E-state index in [0.29, 0.717) is 5.69 Å². The molecule has 0 spiro atoms. The van der Waals surface area contributed by atoms with Crippen molar-refractivity contribution in [3.8, 4) is 5.75 Å². The monoisotopic (exact) mass is 216 g/mol. The van der Waals surface area contributed by atoms with Crippen LogP contribution < -0.4 is 11.5 Å². The largest absolute Gasteiger partial charge is 0.508 e. The van der Waals surface area contributed by atoms with Crippen LogP contribution in [-0.2, 0) is 0 Å². The van der Waals surface area contributed by atoms with Gasteiger partial charge in [0.15, 0.2) is 0 Å². The van der Waals surface area contributed by atoms with Crippen LogP contribution in [0.1, 0.15) is 5.56 Å². The first-order chi connectivity index (χ1) is 7.58. The molecule has 3 nitrogen and oxygen atoms in total. The van der Waals surface area contributed by atoms with Gasteiger partial charge in [0.05, 0.1) is 0 Å². The maximum absolute atomic E-state index is 8.70. The van der Waals surface area contributed by atoms with Crippen LogP contribution in [0.3, 0.4) is 0 Å². The highest BCUT2D eigenvalue weighted by atomic mass is 16.3. The molecule has 0 unspecified atom stereocenters. The minimum absolute atomic E-state index is 0.249. The number of anilines is 2. The number of phenols is 1. The Labute approximate surface area is 95.3 Å². The van der Waals surface area contributed by atoms with Gasteiger partial charge in [-0.3, -0.25) is 0 Å². The Morgan fingerprint density at radius 1 is 0.875 bits per heavy atom. The van der Waals surface area contributed by atoms with Crippen molar-refractivity contribution in [2.75, 3.05) is 11.5 Å². The van der Waals surface area contributed by atoms with Crippen LogP contribution in [0.4, 0.5) is 11.4 Å². The van der Waals surface area contributed by atoms with Crippen LogP contribution in [-0.4, -0.2) is 5.11 Å². The Hall–Kier alpha value is -2.16. The van der Waals surface area contributed by atoms with E-state index >= 15 is 0 Å². The predicted molar refractivity (Wildman–Crippen MR) is 68.1 cm³/mol. The van der Waals surface area contributed by atoms with Gasteiger partial charge >= 0.3 is 0 Å². The molecule has 0 fully saturated rings. The smallest absolute Gasteiger partial charge is 0.115 e. The van der Waals surface area contributed by atoms with E-state index in [9.17, 15) is 0 Å². The van der Waals surface area contributed by atoms with Crippen molar-refractivity contribution in [3.05, 3.63) is 54.1 Å². The Balaban J connectivity index is 0.000000160. The number of hydrogen-bond acceptors (Lipinski definition) is 3. The molecule has 84 valence electrons. The summed E-state index contributed by atoms with van der Waals surface area (Å²) in [4.78, 5) is 0. The Bertz CT molecular complexity index is 400. The van der Waals surface area contributed by atoms with E-state index in [-0.39, 0.29) is 5.75 Å². The van der Waals surface area contributed by atoms with Gasteiger partial charge in [-0.15, -0.1) is 0 Å². The molecule has 0 aliphatic carbocycles. The molecule has 0 aliphatic rings. The third-order valence-corrected chi connectivity index (χ3v) is 1.94. The molecule has 0 saturated carbocycles. The number of rotatable bonds is 0. The van der Waals surface area contributed by atoms with Gasteiger partial charge in [0, 0.05) is 11.4 Å². The quantitative estimate of drug-likeness (QED) is 0.468. The second-order valence-electron chi connectivity index (χ2n) is 3.51. The lowest BCUT2D eigenvalue weighted by atomic mass is 10.2. The van der Waals surface area contributed by atoms with Crippen LogP contribution >= 0.6 is 0 Å². The second-order valence-corrected chi connectivity index (χ2v) is 3.51. The van der Waals surface area contributed by atoms with Gasteiger partial charge in [0.25, 0.3) is 0 Å². The number of phenolic OH excluding ortho intramolecular Hbond substituents is 1. The van der Waals surface area contributed by atoms with E-state index in [1.807, 2.05) is 31.2 Å². The number of hydrogen-bond donors (Lipinski definition) is 3. The standard InChI is InChI=1S/C7H9N.C6H7NO/c1-6-3-2-4-7(8)5-6;7-5-1-3-6(8)4-2-5/h2-5H,8H2,1H3;1-4,8H,7H2. The van der Waals surface area contributed by atoms with Gasteiger partial charge in [-0.05, 0) is 48.9 Å². The van der Waals surface area contributed by atoms with Crippen molar-refractivity contribution >= 4 is 11.4 Å². The topological polar surface area (TPSA) is 72.3 Å². The van der Waals surface area contributed by atoms with Gasteiger partial charge in [-0.25, -0.2) is 0 Å². The van der Waals surface area contributed by atoms with Crippen molar-refractivity contribution in [2.24, 2.45) is 0 Å². The molecule has 0 amide bonds. The summed E-state index contributed by atoms with van der Waals surface area (Å²) >= 11 is 0. The molecule has 5 N–H and O–H groups in total. The summed E-state index contributed by atoms with van der Waals surface area (Å²) in [6.45, 7) is 2.02. The van der Waals surface area contributed by atoms with Crippen molar-refractivity contribution in [3.63, 3.8) is 0 Å². The van der Waals surface area contributed by atoms with Crippen LogP contribution in [0.15, 0.2) is 48.5 Å². The number of aryl methyl sites for hydroxylation is 1.